The van der Waals surface area contributed by atoms with Crippen LogP contribution >= 0.6 is 0 Å². The Bertz CT molecular complexity index is 892. The molecular formula is C19H24N2O4S. The van der Waals surface area contributed by atoms with E-state index in [2.05, 4.69) is 10.0 Å². The van der Waals surface area contributed by atoms with Gasteiger partial charge in [-0.3, -0.25) is 4.79 Å². The summed E-state index contributed by atoms with van der Waals surface area (Å²) < 4.78 is 32.7. The summed E-state index contributed by atoms with van der Waals surface area (Å²) in [5.41, 5.74) is 2.37. The van der Waals surface area contributed by atoms with Crippen LogP contribution in [0.2, 0.25) is 0 Å². The fraction of sp³-hybridized carbons (Fsp3) is 0.316. The van der Waals surface area contributed by atoms with E-state index in [1.54, 1.807) is 36.4 Å². The third kappa shape index (κ3) is 5.31. The van der Waals surface area contributed by atoms with E-state index >= 15 is 0 Å². The minimum Gasteiger partial charge on any atom is -0.489 e. The van der Waals surface area contributed by atoms with Crippen molar-refractivity contribution in [3.8, 4) is 5.75 Å². The Kier molecular flexibility index (Phi) is 6.39. The zero-order valence-corrected chi connectivity index (χ0v) is 16.2. The molecule has 2 aromatic rings. The average Bonchev–Trinajstić information content (AvgIpc) is 2.57. The fourth-order valence-electron chi connectivity index (χ4n) is 2.25. The first-order valence-corrected chi connectivity index (χ1v) is 9.80. The number of carbonyl (C=O) groups is 1. The number of nitrogens with one attached hydrogen (secondary N) is 2. The van der Waals surface area contributed by atoms with Crippen LogP contribution in [0.1, 0.15) is 25.0 Å². The number of rotatable bonds is 7. The SMILES string of the molecule is Cc1ccc(S(=O)(=O)NCC(=O)Nc2ccccc2OC(C)C)cc1C. The largest absolute Gasteiger partial charge is 0.489 e. The van der Waals surface area contributed by atoms with Gasteiger partial charge in [0.25, 0.3) is 0 Å². The van der Waals surface area contributed by atoms with Gasteiger partial charge in [0.1, 0.15) is 5.75 Å². The van der Waals surface area contributed by atoms with Crippen molar-refractivity contribution in [3.63, 3.8) is 0 Å². The Balaban J connectivity index is 2.03. The van der Waals surface area contributed by atoms with E-state index in [1.807, 2.05) is 27.7 Å². The summed E-state index contributed by atoms with van der Waals surface area (Å²) in [4.78, 5) is 12.3. The van der Waals surface area contributed by atoms with E-state index < -0.39 is 15.9 Å². The topological polar surface area (TPSA) is 84.5 Å². The van der Waals surface area contributed by atoms with E-state index in [0.29, 0.717) is 11.4 Å². The van der Waals surface area contributed by atoms with E-state index in [1.165, 1.54) is 6.07 Å². The summed E-state index contributed by atoms with van der Waals surface area (Å²) in [5.74, 6) is 0.0603. The lowest BCUT2D eigenvalue weighted by Crippen LogP contribution is -2.33. The number of aryl methyl sites for hydroxylation is 2. The van der Waals surface area contributed by atoms with Crippen LogP contribution in [0.25, 0.3) is 0 Å². The van der Waals surface area contributed by atoms with Gasteiger partial charge < -0.3 is 10.1 Å². The molecule has 26 heavy (non-hydrogen) atoms. The number of ether oxygens (including phenoxy) is 1. The van der Waals surface area contributed by atoms with E-state index in [9.17, 15) is 13.2 Å². The molecule has 0 atom stereocenters. The summed E-state index contributed by atoms with van der Waals surface area (Å²) in [7, 11) is -3.76. The van der Waals surface area contributed by atoms with E-state index in [4.69, 9.17) is 4.74 Å². The maximum Gasteiger partial charge on any atom is 0.241 e. The lowest BCUT2D eigenvalue weighted by molar-refractivity contribution is -0.115. The number of benzene rings is 2. The molecule has 0 aromatic heterocycles. The van der Waals surface area contributed by atoms with Crippen LogP contribution in [0.4, 0.5) is 5.69 Å². The molecular weight excluding hydrogens is 352 g/mol. The molecule has 140 valence electrons. The molecule has 0 fully saturated rings. The summed E-state index contributed by atoms with van der Waals surface area (Å²) in [5, 5.41) is 2.67. The van der Waals surface area contributed by atoms with Crippen molar-refractivity contribution in [2.75, 3.05) is 11.9 Å². The van der Waals surface area contributed by atoms with Crippen molar-refractivity contribution in [2.45, 2.75) is 38.7 Å². The second kappa shape index (κ2) is 8.33. The lowest BCUT2D eigenvalue weighted by Gasteiger charge is -2.15. The fourth-order valence-corrected chi connectivity index (χ4v) is 3.31. The highest BCUT2D eigenvalue weighted by atomic mass is 32.2. The van der Waals surface area contributed by atoms with Gasteiger partial charge in [0.05, 0.1) is 23.2 Å². The Morgan fingerprint density at radius 2 is 1.77 bits per heavy atom. The van der Waals surface area contributed by atoms with Crippen LogP contribution in [0.15, 0.2) is 47.4 Å². The first-order chi connectivity index (χ1) is 12.2. The molecule has 2 aromatic carbocycles. The van der Waals surface area contributed by atoms with Crippen LogP contribution in [0, 0.1) is 13.8 Å². The first-order valence-electron chi connectivity index (χ1n) is 8.31. The molecule has 6 nitrogen and oxygen atoms in total. The van der Waals surface area contributed by atoms with Gasteiger partial charge in [0.2, 0.25) is 15.9 Å². The lowest BCUT2D eigenvalue weighted by atomic mass is 10.1. The highest BCUT2D eigenvalue weighted by Gasteiger charge is 2.17. The second-order valence-corrected chi connectivity index (χ2v) is 8.05. The second-order valence-electron chi connectivity index (χ2n) is 6.28. The summed E-state index contributed by atoms with van der Waals surface area (Å²) in [6.45, 7) is 7.15. The molecule has 0 unspecified atom stereocenters. The maximum absolute atomic E-state index is 12.3. The van der Waals surface area contributed by atoms with Gasteiger partial charge in [-0.1, -0.05) is 18.2 Å². The minimum atomic E-state index is -3.76. The van der Waals surface area contributed by atoms with Crippen LogP contribution in [-0.4, -0.2) is 27.0 Å². The number of hydrogen-bond donors (Lipinski definition) is 2. The molecule has 0 radical (unpaired) electrons. The molecule has 0 aliphatic carbocycles. The number of carbonyl (C=O) groups excluding carboxylic acids is 1. The molecule has 0 spiro atoms. The quantitative estimate of drug-likeness (QED) is 0.778. The third-order valence-electron chi connectivity index (χ3n) is 3.74. The molecule has 0 saturated heterocycles. The van der Waals surface area contributed by atoms with Gasteiger partial charge in [-0.15, -0.1) is 0 Å². The van der Waals surface area contributed by atoms with Crippen molar-refractivity contribution in [2.24, 2.45) is 0 Å². The normalized spacial score (nSPS) is 11.4. The molecule has 1 amide bonds. The van der Waals surface area contributed by atoms with Gasteiger partial charge in [-0.2, -0.15) is 0 Å². The van der Waals surface area contributed by atoms with E-state index in [-0.39, 0.29) is 17.5 Å². The predicted octanol–water partition coefficient (Wildman–Crippen LogP) is 3.01. The van der Waals surface area contributed by atoms with Crippen LogP contribution < -0.4 is 14.8 Å². The minimum absolute atomic E-state index is 0.0451. The summed E-state index contributed by atoms with van der Waals surface area (Å²) in [6.07, 6.45) is -0.0451. The molecule has 0 bridgehead atoms. The Morgan fingerprint density at radius 3 is 2.42 bits per heavy atom. The summed E-state index contributed by atoms with van der Waals surface area (Å²) in [6, 6.07) is 11.9. The molecule has 0 heterocycles. The Labute approximate surface area is 154 Å². The van der Waals surface area contributed by atoms with Crippen LogP contribution in [0.5, 0.6) is 5.75 Å². The van der Waals surface area contributed by atoms with Crippen LogP contribution in [-0.2, 0) is 14.8 Å². The highest BCUT2D eigenvalue weighted by molar-refractivity contribution is 7.89. The monoisotopic (exact) mass is 376 g/mol. The average molecular weight is 376 g/mol. The van der Waals surface area contributed by atoms with Gasteiger partial charge in [0.15, 0.2) is 0 Å². The molecule has 2 rings (SSSR count). The van der Waals surface area contributed by atoms with Crippen molar-refractivity contribution >= 4 is 21.6 Å². The van der Waals surface area contributed by atoms with Gasteiger partial charge in [0, 0.05) is 0 Å². The van der Waals surface area contributed by atoms with Crippen molar-refractivity contribution in [1.82, 2.24) is 4.72 Å². The molecule has 0 aliphatic heterocycles. The molecule has 2 N–H and O–H groups in total. The third-order valence-corrected chi connectivity index (χ3v) is 5.13. The van der Waals surface area contributed by atoms with Gasteiger partial charge in [-0.05, 0) is 63.1 Å². The molecule has 0 saturated carbocycles. The summed E-state index contributed by atoms with van der Waals surface area (Å²) >= 11 is 0. The van der Waals surface area contributed by atoms with Crippen molar-refractivity contribution in [3.05, 3.63) is 53.6 Å². The van der Waals surface area contributed by atoms with Crippen molar-refractivity contribution < 1.29 is 17.9 Å². The van der Waals surface area contributed by atoms with Gasteiger partial charge >= 0.3 is 0 Å². The number of para-hydroxylation sites is 2. The number of amides is 1. The number of hydrogen-bond acceptors (Lipinski definition) is 4. The smallest absolute Gasteiger partial charge is 0.241 e. The predicted molar refractivity (Wildman–Crippen MR) is 102 cm³/mol. The van der Waals surface area contributed by atoms with Gasteiger partial charge in [-0.25, -0.2) is 13.1 Å². The number of sulfonamides is 1. The van der Waals surface area contributed by atoms with Crippen molar-refractivity contribution in [1.29, 1.82) is 0 Å². The molecule has 0 aliphatic rings. The molecule has 7 heteroatoms. The first kappa shape index (κ1) is 19.9. The zero-order chi connectivity index (χ0) is 19.3. The Hall–Kier alpha value is -2.38. The Morgan fingerprint density at radius 1 is 1.08 bits per heavy atom. The van der Waals surface area contributed by atoms with E-state index in [0.717, 1.165) is 11.1 Å². The number of anilines is 1. The van der Waals surface area contributed by atoms with Crippen LogP contribution in [0.3, 0.4) is 0 Å². The standard InChI is InChI=1S/C19H24N2O4S/c1-13(2)25-18-8-6-5-7-17(18)21-19(22)12-20-26(23,24)16-10-9-14(3)15(4)11-16/h5-11,13,20H,12H2,1-4H3,(H,21,22). The zero-order valence-electron chi connectivity index (χ0n) is 15.4. The highest BCUT2D eigenvalue weighted by Crippen LogP contribution is 2.24. The maximum atomic E-state index is 12.3.